The van der Waals surface area contributed by atoms with Crippen LogP contribution in [-0.2, 0) is 4.79 Å². The van der Waals surface area contributed by atoms with Crippen molar-refractivity contribution in [2.24, 2.45) is 0 Å². The van der Waals surface area contributed by atoms with Gasteiger partial charge in [0.1, 0.15) is 11.4 Å². The van der Waals surface area contributed by atoms with Crippen molar-refractivity contribution in [1.82, 2.24) is 20.1 Å². The number of hydrogen-bond acceptors (Lipinski definition) is 6. The number of pyridine rings is 1. The van der Waals surface area contributed by atoms with Crippen molar-refractivity contribution >= 4 is 16.9 Å². The van der Waals surface area contributed by atoms with E-state index in [9.17, 15) is 15.0 Å². The van der Waals surface area contributed by atoms with Crippen molar-refractivity contribution in [2.75, 3.05) is 20.3 Å². The molecule has 0 saturated carbocycles. The van der Waals surface area contributed by atoms with Gasteiger partial charge in [-0.25, -0.2) is 4.98 Å². The van der Waals surface area contributed by atoms with Crippen LogP contribution in [0.25, 0.3) is 33.4 Å². The molecular formula is C26H26N4O4. The van der Waals surface area contributed by atoms with E-state index in [-0.39, 0.29) is 18.6 Å². The predicted molar refractivity (Wildman–Crippen MR) is 128 cm³/mol. The van der Waals surface area contributed by atoms with Gasteiger partial charge in [0.25, 0.3) is 5.91 Å². The average molecular weight is 459 g/mol. The maximum atomic E-state index is 12.9. The first-order valence-corrected chi connectivity index (χ1v) is 11.3. The Kier molecular flexibility index (Phi) is 6.00. The number of rotatable bonds is 6. The summed E-state index contributed by atoms with van der Waals surface area (Å²) in [6.45, 7) is 0.455. The van der Waals surface area contributed by atoms with Gasteiger partial charge in [0.15, 0.2) is 11.8 Å². The summed E-state index contributed by atoms with van der Waals surface area (Å²) >= 11 is 0. The molecule has 1 amide bonds. The number of carbonyl (C=O) groups excluding carboxylic acids is 1. The highest BCUT2D eigenvalue weighted by Crippen LogP contribution is 2.35. The van der Waals surface area contributed by atoms with Crippen LogP contribution in [0.2, 0.25) is 0 Å². The van der Waals surface area contributed by atoms with E-state index in [1.807, 2.05) is 42.5 Å². The van der Waals surface area contributed by atoms with Gasteiger partial charge in [-0.05, 0) is 48.2 Å². The minimum atomic E-state index is -1.29. The lowest BCUT2D eigenvalue weighted by Gasteiger charge is -2.25. The van der Waals surface area contributed by atoms with E-state index in [1.165, 1.54) is 0 Å². The topological polar surface area (TPSA) is 112 Å². The minimum absolute atomic E-state index is 0.0938. The van der Waals surface area contributed by atoms with E-state index in [4.69, 9.17) is 4.74 Å². The molecule has 1 saturated heterocycles. The Bertz CT molecular complexity index is 1340. The van der Waals surface area contributed by atoms with E-state index in [2.05, 4.69) is 15.2 Å². The summed E-state index contributed by atoms with van der Waals surface area (Å²) in [4.78, 5) is 19.0. The Hall–Kier alpha value is -3.75. The lowest BCUT2D eigenvalue weighted by atomic mass is 9.99. The molecule has 1 fully saturated rings. The number of likely N-dealkylation sites (tertiary alicyclic amines) is 1. The number of carbonyl (C=O) groups is 1. The zero-order chi connectivity index (χ0) is 23.7. The lowest BCUT2D eigenvalue weighted by Crippen LogP contribution is -2.40. The first kappa shape index (κ1) is 22.1. The highest BCUT2D eigenvalue weighted by molar-refractivity contribution is 5.94. The molecule has 5 rings (SSSR count). The van der Waals surface area contributed by atoms with Crippen molar-refractivity contribution < 1.29 is 19.7 Å². The van der Waals surface area contributed by atoms with E-state index in [0.717, 1.165) is 40.6 Å². The molecule has 1 aliphatic rings. The second kappa shape index (κ2) is 9.24. The SMILES string of the molecule is COc1ccccc1-c1n[nH]c2ncc(-c3cccc(C(O)C(=O)N4CCC[C@@H]4CO)c3)cc12. The molecule has 2 atom stereocenters. The summed E-state index contributed by atoms with van der Waals surface area (Å²) in [5, 5.41) is 28.6. The van der Waals surface area contributed by atoms with Crippen LogP contribution in [0, 0.1) is 0 Å². The highest BCUT2D eigenvalue weighted by atomic mass is 16.5. The molecule has 1 unspecified atom stereocenters. The molecule has 0 aliphatic carbocycles. The standard InChI is InChI=1S/C26H26N4O4/c1-34-22-10-3-2-9-20(22)23-21-13-18(14-27-25(21)29-28-23)16-6-4-7-17(12-16)24(32)26(33)30-11-5-8-19(30)15-31/h2-4,6-7,9-10,12-14,19,24,31-32H,5,8,11,15H2,1H3,(H,27,28,29)/t19-,24?/m1/s1. The molecule has 8 heteroatoms. The number of aromatic nitrogens is 3. The largest absolute Gasteiger partial charge is 0.496 e. The number of aliphatic hydroxyl groups excluding tert-OH is 2. The average Bonchev–Trinajstić information content (AvgIpc) is 3.54. The molecule has 2 aromatic carbocycles. The zero-order valence-corrected chi connectivity index (χ0v) is 18.8. The molecule has 3 N–H and O–H groups in total. The third-order valence-electron chi connectivity index (χ3n) is 6.42. The monoisotopic (exact) mass is 458 g/mol. The first-order valence-electron chi connectivity index (χ1n) is 11.3. The summed E-state index contributed by atoms with van der Waals surface area (Å²) in [7, 11) is 1.63. The van der Waals surface area contributed by atoms with Crippen molar-refractivity contribution in [3.63, 3.8) is 0 Å². The van der Waals surface area contributed by atoms with Crippen LogP contribution in [-0.4, -0.2) is 62.5 Å². The van der Waals surface area contributed by atoms with Crippen molar-refractivity contribution in [1.29, 1.82) is 0 Å². The highest BCUT2D eigenvalue weighted by Gasteiger charge is 2.32. The number of fused-ring (bicyclic) bond motifs is 1. The number of aromatic amines is 1. The van der Waals surface area contributed by atoms with E-state index < -0.39 is 6.10 Å². The van der Waals surface area contributed by atoms with Gasteiger partial charge in [-0.2, -0.15) is 5.10 Å². The molecule has 0 bridgehead atoms. The molecule has 0 spiro atoms. The van der Waals surface area contributed by atoms with Crippen LogP contribution >= 0.6 is 0 Å². The quantitative estimate of drug-likeness (QED) is 0.409. The van der Waals surface area contributed by atoms with Gasteiger partial charge in [0, 0.05) is 29.3 Å². The van der Waals surface area contributed by atoms with Gasteiger partial charge in [-0.15, -0.1) is 0 Å². The smallest absolute Gasteiger partial charge is 0.256 e. The van der Waals surface area contributed by atoms with E-state index in [1.54, 1.807) is 30.3 Å². The third-order valence-corrected chi connectivity index (χ3v) is 6.42. The number of methoxy groups -OCH3 is 1. The number of hydrogen-bond donors (Lipinski definition) is 3. The number of aliphatic hydroxyl groups is 2. The van der Waals surface area contributed by atoms with Gasteiger partial charge < -0.3 is 19.8 Å². The first-order chi connectivity index (χ1) is 16.6. The molecule has 8 nitrogen and oxygen atoms in total. The molecule has 2 aromatic heterocycles. The van der Waals surface area contributed by atoms with Crippen LogP contribution in [0.15, 0.2) is 60.8 Å². The Labute approximate surface area is 196 Å². The van der Waals surface area contributed by atoms with Crippen LogP contribution < -0.4 is 4.74 Å². The zero-order valence-electron chi connectivity index (χ0n) is 18.8. The Morgan fingerprint density at radius 2 is 2.06 bits per heavy atom. The number of H-pyrrole nitrogens is 1. The van der Waals surface area contributed by atoms with Crippen molar-refractivity contribution in [2.45, 2.75) is 25.0 Å². The summed E-state index contributed by atoms with van der Waals surface area (Å²) in [5.74, 6) is 0.337. The summed E-state index contributed by atoms with van der Waals surface area (Å²) in [5.41, 5.74) is 4.40. The maximum absolute atomic E-state index is 12.9. The number of benzene rings is 2. The molecule has 4 aromatic rings. The van der Waals surface area contributed by atoms with Crippen molar-refractivity contribution in [3.8, 4) is 28.1 Å². The fraction of sp³-hybridized carbons (Fsp3) is 0.269. The third kappa shape index (κ3) is 3.91. The number of nitrogens with one attached hydrogen (secondary N) is 1. The summed E-state index contributed by atoms with van der Waals surface area (Å²) < 4.78 is 5.50. The fourth-order valence-electron chi connectivity index (χ4n) is 4.61. The van der Waals surface area contributed by atoms with Gasteiger partial charge in [-0.1, -0.05) is 30.3 Å². The number of amides is 1. The van der Waals surface area contributed by atoms with Crippen molar-refractivity contribution in [3.05, 3.63) is 66.4 Å². The molecule has 1 aliphatic heterocycles. The summed E-state index contributed by atoms with van der Waals surface area (Å²) in [6.07, 6.45) is 2.03. The Morgan fingerprint density at radius 3 is 2.88 bits per heavy atom. The van der Waals surface area contributed by atoms with E-state index >= 15 is 0 Å². The number of nitrogens with zero attached hydrogens (tertiary/aromatic N) is 3. The summed E-state index contributed by atoms with van der Waals surface area (Å²) in [6, 6.07) is 16.7. The fourth-order valence-corrected chi connectivity index (χ4v) is 4.61. The van der Waals surface area contributed by atoms with Gasteiger partial charge in [-0.3, -0.25) is 9.89 Å². The second-order valence-corrected chi connectivity index (χ2v) is 8.43. The Balaban J connectivity index is 1.49. The second-order valence-electron chi connectivity index (χ2n) is 8.43. The molecule has 3 heterocycles. The number of para-hydroxylation sites is 1. The molecular weight excluding hydrogens is 432 g/mol. The van der Waals surface area contributed by atoms with Gasteiger partial charge in [0.2, 0.25) is 0 Å². The minimum Gasteiger partial charge on any atom is -0.496 e. The molecule has 34 heavy (non-hydrogen) atoms. The maximum Gasteiger partial charge on any atom is 0.256 e. The van der Waals surface area contributed by atoms with Gasteiger partial charge in [0.05, 0.1) is 19.8 Å². The van der Waals surface area contributed by atoms with Crippen LogP contribution in [0.1, 0.15) is 24.5 Å². The molecule has 0 radical (unpaired) electrons. The normalized spacial score (nSPS) is 16.7. The molecule has 174 valence electrons. The van der Waals surface area contributed by atoms with Crippen LogP contribution in [0.3, 0.4) is 0 Å². The van der Waals surface area contributed by atoms with Crippen LogP contribution in [0.5, 0.6) is 5.75 Å². The predicted octanol–water partition coefficient (Wildman–Crippen LogP) is 3.32. The lowest BCUT2D eigenvalue weighted by molar-refractivity contribution is -0.142. The van der Waals surface area contributed by atoms with Crippen LogP contribution in [0.4, 0.5) is 0 Å². The van der Waals surface area contributed by atoms with E-state index in [0.29, 0.717) is 23.5 Å². The number of ether oxygens (including phenoxy) is 1. The Morgan fingerprint density at radius 1 is 1.21 bits per heavy atom. The van der Waals surface area contributed by atoms with Gasteiger partial charge >= 0.3 is 0 Å².